The molecule has 0 bridgehead atoms. The summed E-state index contributed by atoms with van der Waals surface area (Å²) in [6.45, 7) is 4.36. The van der Waals surface area contributed by atoms with Crippen LogP contribution >= 0.6 is 0 Å². The van der Waals surface area contributed by atoms with E-state index in [0.717, 1.165) is 22.4 Å². The second kappa shape index (κ2) is 13.3. The summed E-state index contributed by atoms with van der Waals surface area (Å²) in [5.41, 5.74) is 3.20. The Morgan fingerprint density at radius 3 is 1.58 bits per heavy atom. The highest BCUT2D eigenvalue weighted by Gasteiger charge is 2.27. The normalized spacial score (nSPS) is 14.0. The van der Waals surface area contributed by atoms with Crippen molar-refractivity contribution < 1.29 is 28.7 Å². The van der Waals surface area contributed by atoms with Gasteiger partial charge < -0.3 is 14.4 Å². The first-order valence-electron chi connectivity index (χ1n) is 14.4. The monoisotopic (exact) mass is 600 g/mol. The summed E-state index contributed by atoms with van der Waals surface area (Å²) in [5, 5.41) is 0. The Labute approximate surface area is 261 Å². The molecule has 0 aromatic heterocycles. The minimum atomic E-state index is -0.360. The summed E-state index contributed by atoms with van der Waals surface area (Å²) in [7, 11) is 1.64. The topological polar surface area (TPSA) is 93.2 Å². The molecule has 0 aliphatic carbocycles. The number of rotatable bonds is 11. The fourth-order valence-corrected chi connectivity index (χ4v) is 5.05. The van der Waals surface area contributed by atoms with E-state index in [2.05, 4.69) is 38.1 Å². The van der Waals surface area contributed by atoms with Gasteiger partial charge in [0, 0.05) is 36.4 Å². The van der Waals surface area contributed by atoms with E-state index in [1.54, 1.807) is 55.6 Å². The number of carbonyl (C=O) groups excluding carboxylic acids is 4. The second-order valence-electron chi connectivity index (χ2n) is 10.7. The van der Waals surface area contributed by atoms with Gasteiger partial charge in [-0.1, -0.05) is 38.1 Å². The van der Waals surface area contributed by atoms with Crippen molar-refractivity contribution in [1.29, 1.82) is 0 Å². The minimum Gasteiger partial charge on any atom is -0.457 e. The molecule has 0 saturated heterocycles. The predicted molar refractivity (Wildman–Crippen MR) is 173 cm³/mol. The van der Waals surface area contributed by atoms with Crippen molar-refractivity contribution in [2.75, 3.05) is 16.8 Å². The van der Waals surface area contributed by atoms with E-state index >= 15 is 0 Å². The van der Waals surface area contributed by atoms with Crippen LogP contribution in [0.5, 0.6) is 23.0 Å². The molecule has 1 heterocycles. The number of carbonyl (C=O) groups is 4. The molecule has 3 amide bonds. The maximum absolute atomic E-state index is 12.1. The highest BCUT2D eigenvalue weighted by Crippen LogP contribution is 2.38. The average molecular weight is 601 g/mol. The van der Waals surface area contributed by atoms with E-state index in [4.69, 9.17) is 9.47 Å². The molecule has 4 aromatic rings. The van der Waals surface area contributed by atoms with Crippen molar-refractivity contribution in [2.45, 2.75) is 25.7 Å². The van der Waals surface area contributed by atoms with Crippen LogP contribution in [0.1, 0.15) is 31.4 Å². The van der Waals surface area contributed by atoms with Crippen LogP contribution < -0.4 is 19.3 Å². The molecular formula is C37H32N2O6. The number of anilines is 2. The van der Waals surface area contributed by atoms with Crippen LogP contribution in [0.2, 0.25) is 0 Å². The average Bonchev–Trinajstić information content (AvgIpc) is 3.41. The fourth-order valence-electron chi connectivity index (χ4n) is 5.05. The second-order valence-corrected chi connectivity index (χ2v) is 10.7. The van der Waals surface area contributed by atoms with Crippen LogP contribution in [-0.2, 0) is 24.6 Å². The molecule has 226 valence electrons. The van der Waals surface area contributed by atoms with Crippen LogP contribution in [0.15, 0.2) is 121 Å². The Kier molecular flexibility index (Phi) is 9.04. The number of aldehydes is 1. The molecule has 4 aromatic carbocycles. The smallest absolute Gasteiger partial charge is 0.258 e. The fraction of sp³-hybridized carbons (Fsp3) is 0.135. The highest BCUT2D eigenvalue weighted by molar-refractivity contribution is 6.28. The lowest BCUT2D eigenvalue weighted by Gasteiger charge is -2.30. The molecule has 1 unspecified atom stereocenters. The van der Waals surface area contributed by atoms with E-state index in [0.29, 0.717) is 40.7 Å². The lowest BCUT2D eigenvalue weighted by Crippen LogP contribution is -2.29. The molecule has 1 aliphatic heterocycles. The molecule has 1 atom stereocenters. The third kappa shape index (κ3) is 6.75. The summed E-state index contributed by atoms with van der Waals surface area (Å²) in [6, 6.07) is 30.0. The van der Waals surface area contributed by atoms with Crippen LogP contribution in [0.3, 0.4) is 0 Å². The number of nitrogens with zero attached hydrogens (tertiary/aromatic N) is 2. The van der Waals surface area contributed by atoms with Gasteiger partial charge >= 0.3 is 0 Å². The molecule has 0 saturated carbocycles. The van der Waals surface area contributed by atoms with E-state index in [1.165, 1.54) is 29.2 Å². The van der Waals surface area contributed by atoms with Crippen LogP contribution in [0.25, 0.3) is 0 Å². The number of hydrogen-bond acceptors (Lipinski definition) is 6. The number of ether oxygens (including phenoxy) is 2. The number of hydrogen-bond donors (Lipinski definition) is 0. The standard InChI is InChI=1S/C37H32N2O6/c1-4-37(2,26-7-15-30(16-8-26)44-32-19-11-28(12-20-32)38(3)34(41)6-5-25-40)27-9-17-31(18-10-27)45-33-21-13-29(14-22-33)39-35(42)23-24-36(39)43/h5-25H,4H2,1-3H3/b6-5-. The van der Waals surface area contributed by atoms with Crippen LogP contribution in [0.4, 0.5) is 11.4 Å². The Hall–Kier alpha value is -5.76. The molecular weight excluding hydrogens is 568 g/mol. The molecule has 8 nitrogen and oxygen atoms in total. The van der Waals surface area contributed by atoms with Gasteiger partial charge in [-0.05, 0) is 96.4 Å². The van der Waals surface area contributed by atoms with Gasteiger partial charge in [0.15, 0.2) is 0 Å². The Morgan fingerprint density at radius 2 is 1.16 bits per heavy atom. The van der Waals surface area contributed by atoms with Crippen LogP contribution in [-0.4, -0.2) is 31.1 Å². The predicted octanol–water partition coefficient (Wildman–Crippen LogP) is 7.13. The van der Waals surface area contributed by atoms with E-state index < -0.39 is 0 Å². The highest BCUT2D eigenvalue weighted by atomic mass is 16.5. The largest absolute Gasteiger partial charge is 0.457 e. The van der Waals surface area contributed by atoms with E-state index in [-0.39, 0.29) is 23.1 Å². The van der Waals surface area contributed by atoms with Gasteiger partial charge in [0.25, 0.3) is 17.7 Å². The molecule has 8 heteroatoms. The Bertz CT molecular complexity index is 1740. The van der Waals surface area contributed by atoms with Crippen molar-refractivity contribution in [3.8, 4) is 23.0 Å². The van der Waals surface area contributed by atoms with Gasteiger partial charge in [0.1, 0.15) is 29.3 Å². The molecule has 0 N–H and O–H groups in total. The molecule has 0 fully saturated rings. The summed E-state index contributed by atoms with van der Waals surface area (Å²) in [5.74, 6) is 1.56. The zero-order valence-corrected chi connectivity index (χ0v) is 25.2. The third-order valence-corrected chi connectivity index (χ3v) is 7.94. The molecule has 5 rings (SSSR count). The van der Waals surface area contributed by atoms with Gasteiger partial charge in [-0.25, -0.2) is 4.90 Å². The maximum Gasteiger partial charge on any atom is 0.258 e. The zero-order valence-electron chi connectivity index (χ0n) is 25.2. The summed E-state index contributed by atoms with van der Waals surface area (Å²) < 4.78 is 12.1. The van der Waals surface area contributed by atoms with Gasteiger partial charge in [-0.3, -0.25) is 19.2 Å². The Morgan fingerprint density at radius 1 is 0.733 bits per heavy atom. The lowest BCUT2D eigenvalue weighted by atomic mass is 9.74. The van der Waals surface area contributed by atoms with Crippen molar-refractivity contribution in [3.63, 3.8) is 0 Å². The number of allylic oxidation sites excluding steroid dienone is 1. The molecule has 1 aliphatic rings. The van der Waals surface area contributed by atoms with Gasteiger partial charge in [-0.2, -0.15) is 0 Å². The number of likely N-dealkylation sites (N-methyl/N-ethyl adjacent to an activating group) is 1. The zero-order chi connectivity index (χ0) is 32.0. The molecule has 0 radical (unpaired) electrons. The van der Waals surface area contributed by atoms with Gasteiger partial charge in [0.05, 0.1) is 5.69 Å². The van der Waals surface area contributed by atoms with Crippen molar-refractivity contribution in [3.05, 3.63) is 132 Å². The quantitative estimate of drug-likeness (QED) is 0.103. The first kappa shape index (κ1) is 30.7. The first-order valence-corrected chi connectivity index (χ1v) is 14.4. The molecule has 0 spiro atoms. The lowest BCUT2D eigenvalue weighted by molar-refractivity contribution is -0.120. The molecule has 45 heavy (non-hydrogen) atoms. The van der Waals surface area contributed by atoms with E-state index in [9.17, 15) is 19.2 Å². The van der Waals surface area contributed by atoms with E-state index in [1.807, 2.05) is 24.3 Å². The Balaban J connectivity index is 1.23. The number of benzene rings is 4. The van der Waals surface area contributed by atoms with Crippen LogP contribution in [0, 0.1) is 0 Å². The van der Waals surface area contributed by atoms with Crippen molar-refractivity contribution in [1.82, 2.24) is 0 Å². The first-order chi connectivity index (χ1) is 21.7. The van der Waals surface area contributed by atoms with Crippen molar-refractivity contribution >= 4 is 35.4 Å². The minimum absolute atomic E-state index is 0.251. The van der Waals surface area contributed by atoms with Gasteiger partial charge in [-0.15, -0.1) is 0 Å². The SMILES string of the molecule is CCC(C)(c1ccc(Oc2ccc(N(C)C(=O)/C=C\C=O)cc2)cc1)c1ccc(Oc2ccc(N3C(=O)C=CC3=O)cc2)cc1. The summed E-state index contributed by atoms with van der Waals surface area (Å²) in [4.78, 5) is 49.0. The number of imide groups is 1. The van der Waals surface area contributed by atoms with Gasteiger partial charge in [0.2, 0.25) is 0 Å². The maximum atomic E-state index is 12.1. The third-order valence-electron chi connectivity index (χ3n) is 7.94. The van der Waals surface area contributed by atoms with Crippen molar-refractivity contribution in [2.24, 2.45) is 0 Å². The summed E-state index contributed by atoms with van der Waals surface area (Å²) in [6.07, 6.45) is 6.33. The number of amides is 3. The summed E-state index contributed by atoms with van der Waals surface area (Å²) >= 11 is 0.